The third-order valence-electron chi connectivity index (χ3n) is 4.21. The van der Waals surface area contributed by atoms with E-state index in [1.54, 1.807) is 7.11 Å². The highest BCUT2D eigenvalue weighted by atomic mass is 32.2. The Hall–Kier alpha value is -2.19. The van der Waals surface area contributed by atoms with Crippen LogP contribution >= 0.6 is 0 Å². The second-order valence-electron chi connectivity index (χ2n) is 5.83. The number of nitrogens with two attached hydrogens (primary N) is 1. The van der Waals surface area contributed by atoms with Gasteiger partial charge in [0.25, 0.3) is 0 Å². The smallest absolute Gasteiger partial charge is 0.241 e. The van der Waals surface area contributed by atoms with Gasteiger partial charge in [-0.05, 0) is 30.5 Å². The van der Waals surface area contributed by atoms with E-state index in [0.717, 1.165) is 31.7 Å². The number of methoxy groups -OCH3 is 1. The van der Waals surface area contributed by atoms with Crippen LogP contribution in [0.2, 0.25) is 0 Å². The zero-order valence-electron chi connectivity index (χ0n) is 13.4. The molecule has 1 saturated heterocycles. The Morgan fingerprint density at radius 2 is 2.04 bits per heavy atom. The van der Waals surface area contributed by atoms with Crippen molar-refractivity contribution < 1.29 is 13.2 Å². The zero-order chi connectivity index (χ0) is 17.2. The summed E-state index contributed by atoms with van der Waals surface area (Å²) >= 11 is 0. The lowest BCUT2D eigenvalue weighted by Gasteiger charge is -2.33. The molecule has 24 heavy (non-hydrogen) atoms. The first-order valence-corrected chi connectivity index (χ1v) is 9.26. The average Bonchev–Trinajstić information content (AvgIpc) is 2.61. The van der Waals surface area contributed by atoms with Gasteiger partial charge in [0.05, 0.1) is 19.5 Å². The van der Waals surface area contributed by atoms with Crippen molar-refractivity contribution in [1.29, 1.82) is 0 Å². The maximum Gasteiger partial charge on any atom is 0.241 e. The number of ether oxygens (including phenoxy) is 1. The summed E-state index contributed by atoms with van der Waals surface area (Å²) in [5, 5.41) is 5.08. The number of primary sulfonamides is 1. The molecule has 2 heterocycles. The molecule has 0 saturated carbocycles. The van der Waals surface area contributed by atoms with Crippen LogP contribution < -0.4 is 14.8 Å². The van der Waals surface area contributed by atoms with Crippen molar-refractivity contribution in [3.63, 3.8) is 0 Å². The van der Waals surface area contributed by atoms with Crippen LogP contribution in [0, 0.1) is 0 Å². The molecule has 3 rings (SSSR count). The Morgan fingerprint density at radius 3 is 2.71 bits per heavy atom. The van der Waals surface area contributed by atoms with Gasteiger partial charge in [0.2, 0.25) is 16.0 Å². The van der Waals surface area contributed by atoms with Crippen molar-refractivity contribution >= 4 is 16.0 Å². The molecule has 0 spiro atoms. The van der Waals surface area contributed by atoms with Crippen LogP contribution in [0.5, 0.6) is 5.75 Å². The molecule has 1 aliphatic rings. The molecular formula is C16H20N4O3S. The molecule has 0 amide bonds. The van der Waals surface area contributed by atoms with E-state index in [1.165, 1.54) is 18.0 Å². The molecule has 2 N–H and O–H groups in total. The van der Waals surface area contributed by atoms with Crippen LogP contribution in [0.25, 0.3) is 0 Å². The second kappa shape index (κ2) is 6.74. The summed E-state index contributed by atoms with van der Waals surface area (Å²) < 4.78 is 27.9. The lowest BCUT2D eigenvalue weighted by atomic mass is 9.90. The highest BCUT2D eigenvalue weighted by Crippen LogP contribution is 2.30. The monoisotopic (exact) mass is 348 g/mol. The van der Waals surface area contributed by atoms with Gasteiger partial charge in [-0.15, -0.1) is 0 Å². The van der Waals surface area contributed by atoms with Crippen LogP contribution in [-0.2, 0) is 10.0 Å². The summed E-state index contributed by atoms with van der Waals surface area (Å²) in [6.07, 6.45) is 4.61. The molecule has 2 aromatic rings. The van der Waals surface area contributed by atoms with Crippen molar-refractivity contribution in [3.05, 3.63) is 42.2 Å². The number of benzene rings is 1. The molecule has 7 nitrogen and oxygen atoms in total. The zero-order valence-corrected chi connectivity index (χ0v) is 14.2. The minimum atomic E-state index is -3.77. The van der Waals surface area contributed by atoms with E-state index in [9.17, 15) is 8.42 Å². The van der Waals surface area contributed by atoms with Crippen molar-refractivity contribution in [3.8, 4) is 5.75 Å². The van der Waals surface area contributed by atoms with Gasteiger partial charge in [0.15, 0.2) is 0 Å². The molecule has 8 heteroatoms. The molecule has 128 valence electrons. The van der Waals surface area contributed by atoms with E-state index < -0.39 is 10.0 Å². The van der Waals surface area contributed by atoms with Crippen molar-refractivity contribution in [2.75, 3.05) is 25.1 Å². The average molecular weight is 348 g/mol. The molecule has 1 atom stereocenters. The van der Waals surface area contributed by atoms with Crippen molar-refractivity contribution in [1.82, 2.24) is 9.97 Å². The molecular weight excluding hydrogens is 328 g/mol. The fourth-order valence-corrected chi connectivity index (χ4v) is 3.35. The lowest BCUT2D eigenvalue weighted by molar-refractivity contribution is 0.412. The number of piperidine rings is 1. The predicted octanol–water partition coefficient (Wildman–Crippen LogP) is 1.52. The molecule has 1 unspecified atom stereocenters. The Balaban J connectivity index is 1.78. The normalized spacial score (nSPS) is 18.4. The van der Waals surface area contributed by atoms with Gasteiger partial charge < -0.3 is 9.64 Å². The van der Waals surface area contributed by atoms with Crippen molar-refractivity contribution in [2.24, 2.45) is 5.14 Å². The molecule has 1 aromatic heterocycles. The Labute approximate surface area is 141 Å². The quantitative estimate of drug-likeness (QED) is 0.899. The molecule has 1 aromatic carbocycles. The first kappa shape index (κ1) is 16.7. The first-order chi connectivity index (χ1) is 11.5. The fourth-order valence-electron chi connectivity index (χ4n) is 2.95. The van der Waals surface area contributed by atoms with Gasteiger partial charge in [-0.25, -0.2) is 23.5 Å². The van der Waals surface area contributed by atoms with Gasteiger partial charge in [0, 0.05) is 19.0 Å². The van der Waals surface area contributed by atoms with E-state index in [4.69, 9.17) is 9.88 Å². The first-order valence-electron chi connectivity index (χ1n) is 7.71. The minimum Gasteiger partial charge on any atom is -0.497 e. The van der Waals surface area contributed by atoms with Gasteiger partial charge in [-0.2, -0.15) is 0 Å². The topological polar surface area (TPSA) is 98.4 Å². The summed E-state index contributed by atoms with van der Waals surface area (Å²) in [5.74, 6) is 1.73. The van der Waals surface area contributed by atoms with E-state index in [0.29, 0.717) is 11.9 Å². The summed E-state index contributed by atoms with van der Waals surface area (Å²) in [4.78, 5) is 10.3. The standard InChI is InChI=1S/C16H20N4O3S/c1-23-14-6-2-4-12(8-14)13-5-3-7-20(11-13)16-18-9-15(10-19-16)24(17,21)22/h2,4,6,8-10,13H,3,5,7,11H2,1H3,(H2,17,21,22). The lowest BCUT2D eigenvalue weighted by Crippen LogP contribution is -2.35. The van der Waals surface area contributed by atoms with Gasteiger partial charge in [0.1, 0.15) is 10.6 Å². The van der Waals surface area contributed by atoms with Crippen LogP contribution in [0.3, 0.4) is 0 Å². The number of anilines is 1. The van der Waals surface area contributed by atoms with Gasteiger partial charge in [-0.3, -0.25) is 0 Å². The third kappa shape index (κ3) is 3.65. The largest absolute Gasteiger partial charge is 0.497 e. The number of aromatic nitrogens is 2. The number of hydrogen-bond donors (Lipinski definition) is 1. The third-order valence-corrected chi connectivity index (χ3v) is 5.08. The molecule has 1 fully saturated rings. The van der Waals surface area contributed by atoms with Crippen LogP contribution in [0.4, 0.5) is 5.95 Å². The molecule has 0 radical (unpaired) electrons. The second-order valence-corrected chi connectivity index (χ2v) is 7.39. The summed E-state index contributed by atoms with van der Waals surface area (Å²) in [7, 11) is -2.11. The summed E-state index contributed by atoms with van der Waals surface area (Å²) in [5.41, 5.74) is 1.22. The Morgan fingerprint density at radius 1 is 1.29 bits per heavy atom. The van der Waals surface area contributed by atoms with Crippen LogP contribution in [-0.4, -0.2) is 38.6 Å². The number of nitrogens with zero attached hydrogens (tertiary/aromatic N) is 3. The van der Waals surface area contributed by atoms with E-state index in [-0.39, 0.29) is 4.90 Å². The summed E-state index contributed by atoms with van der Waals surface area (Å²) in [6, 6.07) is 8.07. The molecule has 1 aliphatic heterocycles. The molecule has 0 bridgehead atoms. The SMILES string of the molecule is COc1cccc(C2CCCN(c3ncc(S(N)(=O)=O)cn3)C2)c1. The van der Waals surface area contributed by atoms with Gasteiger partial charge >= 0.3 is 0 Å². The van der Waals surface area contributed by atoms with E-state index in [2.05, 4.69) is 27.0 Å². The maximum atomic E-state index is 11.3. The van der Waals surface area contributed by atoms with Crippen molar-refractivity contribution in [2.45, 2.75) is 23.7 Å². The molecule has 0 aliphatic carbocycles. The number of hydrogen-bond acceptors (Lipinski definition) is 6. The van der Waals surface area contributed by atoms with E-state index in [1.807, 2.05) is 12.1 Å². The van der Waals surface area contributed by atoms with Crippen LogP contribution in [0.1, 0.15) is 24.3 Å². The number of rotatable bonds is 4. The Bertz CT molecular complexity index is 808. The fraction of sp³-hybridized carbons (Fsp3) is 0.375. The highest BCUT2D eigenvalue weighted by molar-refractivity contribution is 7.89. The number of sulfonamides is 1. The van der Waals surface area contributed by atoms with E-state index >= 15 is 0 Å². The highest BCUT2D eigenvalue weighted by Gasteiger charge is 2.23. The predicted molar refractivity (Wildman–Crippen MR) is 90.6 cm³/mol. The summed E-state index contributed by atoms with van der Waals surface area (Å²) in [6.45, 7) is 1.62. The van der Waals surface area contributed by atoms with Gasteiger partial charge in [-0.1, -0.05) is 12.1 Å². The minimum absolute atomic E-state index is 0.0763. The van der Waals surface area contributed by atoms with Crippen LogP contribution in [0.15, 0.2) is 41.6 Å². The maximum absolute atomic E-state index is 11.3. The Kier molecular flexibility index (Phi) is 4.68.